The molecule has 0 N–H and O–H groups in total. The molecule has 0 atom stereocenters. The van der Waals surface area contributed by atoms with Crippen molar-refractivity contribution < 1.29 is 4.79 Å². The predicted octanol–water partition coefficient (Wildman–Crippen LogP) is 1.04. The summed E-state index contributed by atoms with van der Waals surface area (Å²) in [6.45, 7) is 2.89. The Kier molecular flexibility index (Phi) is 3.49. The molecule has 4 heterocycles. The molecule has 0 saturated heterocycles. The van der Waals surface area contributed by atoms with Crippen molar-refractivity contribution in [3.8, 4) is 0 Å². The molecule has 1 aliphatic heterocycles. The highest BCUT2D eigenvalue weighted by atomic mass is 32.1. The lowest BCUT2D eigenvalue weighted by atomic mass is 10.1. The number of nitrogens with zero attached hydrogens (tertiary/aromatic N) is 5. The molecule has 124 valence electrons. The van der Waals surface area contributed by atoms with E-state index in [0.29, 0.717) is 37.4 Å². The molecule has 1 aliphatic rings. The van der Waals surface area contributed by atoms with Crippen molar-refractivity contribution in [1.29, 1.82) is 0 Å². The molecule has 0 saturated carbocycles. The van der Waals surface area contributed by atoms with Crippen molar-refractivity contribution in [3.63, 3.8) is 0 Å². The number of thiazole rings is 1. The maximum atomic E-state index is 12.7. The first kappa shape index (κ1) is 15.1. The standard InChI is InChI=1S/C16H17N5O2S/c1-10-17-12-4-6-20(5-3-11(12)14(22)19(10)2)15(23)13-9-21-7-8-24-16(21)18-13/h7-9H,3-6H2,1-2H3. The van der Waals surface area contributed by atoms with Gasteiger partial charge >= 0.3 is 0 Å². The quantitative estimate of drug-likeness (QED) is 0.662. The van der Waals surface area contributed by atoms with Crippen LogP contribution in [0.4, 0.5) is 0 Å². The molecule has 0 aliphatic carbocycles. The van der Waals surface area contributed by atoms with E-state index in [2.05, 4.69) is 9.97 Å². The van der Waals surface area contributed by atoms with Crippen molar-refractivity contribution in [1.82, 2.24) is 23.8 Å². The monoisotopic (exact) mass is 343 g/mol. The maximum absolute atomic E-state index is 12.7. The van der Waals surface area contributed by atoms with Crippen LogP contribution in [0.15, 0.2) is 22.6 Å². The largest absolute Gasteiger partial charge is 0.337 e. The molecule has 0 bridgehead atoms. The van der Waals surface area contributed by atoms with Crippen molar-refractivity contribution in [3.05, 3.63) is 50.9 Å². The lowest BCUT2D eigenvalue weighted by Gasteiger charge is -2.18. The highest BCUT2D eigenvalue weighted by molar-refractivity contribution is 7.15. The van der Waals surface area contributed by atoms with Gasteiger partial charge in [0.15, 0.2) is 4.96 Å². The second-order valence-electron chi connectivity index (χ2n) is 5.96. The fourth-order valence-electron chi connectivity index (χ4n) is 3.06. The van der Waals surface area contributed by atoms with Crippen LogP contribution in [0.5, 0.6) is 0 Å². The summed E-state index contributed by atoms with van der Waals surface area (Å²) in [5, 5.41) is 1.93. The van der Waals surface area contributed by atoms with Crippen LogP contribution in [0.2, 0.25) is 0 Å². The molecule has 0 unspecified atom stereocenters. The molecular formula is C16H17N5O2S. The van der Waals surface area contributed by atoms with Gasteiger partial charge in [0.05, 0.1) is 5.69 Å². The average molecular weight is 343 g/mol. The zero-order valence-electron chi connectivity index (χ0n) is 13.5. The zero-order chi connectivity index (χ0) is 16.8. The summed E-state index contributed by atoms with van der Waals surface area (Å²) in [7, 11) is 1.73. The number of aromatic nitrogens is 4. The molecule has 7 nitrogen and oxygen atoms in total. The van der Waals surface area contributed by atoms with Gasteiger partial charge < -0.3 is 4.90 Å². The summed E-state index contributed by atoms with van der Waals surface area (Å²) in [6, 6.07) is 0. The summed E-state index contributed by atoms with van der Waals surface area (Å²) in [6.07, 6.45) is 4.77. The van der Waals surface area contributed by atoms with E-state index in [-0.39, 0.29) is 11.5 Å². The van der Waals surface area contributed by atoms with Crippen LogP contribution < -0.4 is 5.56 Å². The van der Waals surface area contributed by atoms with Crippen molar-refractivity contribution in [2.45, 2.75) is 19.8 Å². The van der Waals surface area contributed by atoms with Gasteiger partial charge in [-0.3, -0.25) is 18.6 Å². The molecule has 0 fully saturated rings. The third kappa shape index (κ3) is 2.34. The molecule has 8 heteroatoms. The molecular weight excluding hydrogens is 326 g/mol. The smallest absolute Gasteiger partial charge is 0.274 e. The van der Waals surface area contributed by atoms with Gasteiger partial charge in [-0.05, 0) is 13.3 Å². The molecule has 4 rings (SSSR count). The van der Waals surface area contributed by atoms with Crippen LogP contribution in [0.25, 0.3) is 4.96 Å². The second kappa shape index (κ2) is 5.55. The van der Waals surface area contributed by atoms with E-state index in [0.717, 1.165) is 16.2 Å². The van der Waals surface area contributed by atoms with E-state index >= 15 is 0 Å². The highest BCUT2D eigenvalue weighted by Gasteiger charge is 2.24. The first-order chi connectivity index (χ1) is 11.5. The Morgan fingerprint density at radius 3 is 2.83 bits per heavy atom. The van der Waals surface area contributed by atoms with Crippen LogP contribution in [0.1, 0.15) is 27.6 Å². The number of hydrogen-bond acceptors (Lipinski definition) is 5. The number of fused-ring (bicyclic) bond motifs is 2. The Morgan fingerprint density at radius 1 is 1.25 bits per heavy atom. The average Bonchev–Trinajstić information content (AvgIpc) is 3.09. The normalized spacial score (nSPS) is 14.7. The van der Waals surface area contributed by atoms with Crippen LogP contribution in [-0.2, 0) is 19.9 Å². The van der Waals surface area contributed by atoms with E-state index in [1.54, 1.807) is 22.7 Å². The number of hydrogen-bond donors (Lipinski definition) is 0. The molecule has 0 aromatic carbocycles. The number of carbonyl (C=O) groups is 1. The Hall–Kier alpha value is -2.48. The number of rotatable bonds is 1. The number of carbonyl (C=O) groups excluding carboxylic acids is 1. The third-order valence-electron chi connectivity index (χ3n) is 4.54. The Morgan fingerprint density at radius 2 is 2.04 bits per heavy atom. The van der Waals surface area contributed by atoms with E-state index in [9.17, 15) is 9.59 Å². The molecule has 3 aromatic rings. The van der Waals surface area contributed by atoms with Gasteiger partial charge in [0.1, 0.15) is 11.5 Å². The van der Waals surface area contributed by atoms with Gasteiger partial charge in [0.25, 0.3) is 11.5 Å². The number of amides is 1. The fraction of sp³-hybridized carbons (Fsp3) is 0.375. The highest BCUT2D eigenvalue weighted by Crippen LogP contribution is 2.16. The van der Waals surface area contributed by atoms with E-state index in [4.69, 9.17) is 0 Å². The lowest BCUT2D eigenvalue weighted by Crippen LogP contribution is -2.33. The Bertz CT molecular complexity index is 971. The van der Waals surface area contributed by atoms with E-state index in [1.807, 2.05) is 22.9 Å². The van der Waals surface area contributed by atoms with Crippen molar-refractivity contribution >= 4 is 22.2 Å². The topological polar surface area (TPSA) is 72.5 Å². The van der Waals surface area contributed by atoms with Gasteiger partial charge in [-0.2, -0.15) is 0 Å². The minimum atomic E-state index is -0.0905. The number of aryl methyl sites for hydroxylation is 1. The molecule has 24 heavy (non-hydrogen) atoms. The van der Waals surface area contributed by atoms with Crippen molar-refractivity contribution in [2.75, 3.05) is 13.1 Å². The van der Waals surface area contributed by atoms with Crippen LogP contribution in [0, 0.1) is 6.92 Å². The maximum Gasteiger partial charge on any atom is 0.274 e. The third-order valence-corrected chi connectivity index (χ3v) is 5.31. The Balaban J connectivity index is 1.61. The number of imidazole rings is 1. The van der Waals surface area contributed by atoms with Crippen molar-refractivity contribution in [2.24, 2.45) is 7.05 Å². The van der Waals surface area contributed by atoms with Crippen LogP contribution in [-0.4, -0.2) is 42.8 Å². The fourth-order valence-corrected chi connectivity index (χ4v) is 3.76. The summed E-state index contributed by atoms with van der Waals surface area (Å²) in [5.41, 5.74) is 1.99. The first-order valence-corrected chi connectivity index (χ1v) is 8.69. The summed E-state index contributed by atoms with van der Waals surface area (Å²) >= 11 is 1.50. The summed E-state index contributed by atoms with van der Waals surface area (Å²) in [4.78, 5) is 36.7. The van der Waals surface area contributed by atoms with E-state index < -0.39 is 0 Å². The zero-order valence-corrected chi connectivity index (χ0v) is 14.3. The van der Waals surface area contributed by atoms with Gasteiger partial charge in [-0.25, -0.2) is 9.97 Å². The van der Waals surface area contributed by atoms with Gasteiger partial charge in [0.2, 0.25) is 0 Å². The SMILES string of the molecule is Cc1nc2c(c(=O)n1C)CCN(C(=O)c1cn3ccsc3n1)CC2. The van der Waals surface area contributed by atoms with E-state index in [1.165, 1.54) is 11.3 Å². The minimum Gasteiger partial charge on any atom is -0.337 e. The minimum absolute atomic E-state index is 0.00527. The first-order valence-electron chi connectivity index (χ1n) is 7.81. The van der Waals surface area contributed by atoms with Crippen LogP contribution >= 0.6 is 11.3 Å². The lowest BCUT2D eigenvalue weighted by molar-refractivity contribution is 0.0757. The molecule has 1 amide bonds. The molecule has 0 spiro atoms. The molecule has 0 radical (unpaired) electrons. The van der Waals surface area contributed by atoms with Crippen LogP contribution in [0.3, 0.4) is 0 Å². The summed E-state index contributed by atoms with van der Waals surface area (Å²) < 4.78 is 3.42. The molecule has 3 aromatic heterocycles. The second-order valence-corrected chi connectivity index (χ2v) is 6.83. The van der Waals surface area contributed by atoms with Gasteiger partial charge in [0, 0.05) is 49.9 Å². The van der Waals surface area contributed by atoms with Gasteiger partial charge in [-0.1, -0.05) is 0 Å². The summed E-state index contributed by atoms with van der Waals surface area (Å²) in [5.74, 6) is 0.611. The van der Waals surface area contributed by atoms with Gasteiger partial charge in [-0.15, -0.1) is 11.3 Å². The predicted molar refractivity (Wildman–Crippen MR) is 90.6 cm³/mol. The Labute approximate surface area is 142 Å².